The van der Waals surface area contributed by atoms with Crippen LogP contribution in [0.2, 0.25) is 0 Å². The van der Waals surface area contributed by atoms with Gasteiger partial charge in [-0.1, -0.05) is 26.5 Å². The third-order valence-electron chi connectivity index (χ3n) is 5.00. The zero-order valence-electron chi connectivity index (χ0n) is 17.7. The van der Waals surface area contributed by atoms with Crippen molar-refractivity contribution >= 4 is 17.7 Å². The monoisotopic (exact) mass is 393 g/mol. The first-order valence-corrected chi connectivity index (χ1v) is 9.71. The lowest BCUT2D eigenvalue weighted by Gasteiger charge is -2.15. The molecule has 0 aliphatic heterocycles. The Kier molecular flexibility index (Phi) is 6.13. The highest BCUT2D eigenvalue weighted by Gasteiger charge is 2.16. The number of hydrogen-bond donors (Lipinski definition) is 2. The summed E-state index contributed by atoms with van der Waals surface area (Å²) in [6.07, 6.45) is 7.35. The number of benzene rings is 1. The highest BCUT2D eigenvalue weighted by atomic mass is 19.1. The first-order chi connectivity index (χ1) is 13.8. The molecule has 3 aromatic rings. The van der Waals surface area contributed by atoms with Crippen LogP contribution in [0.4, 0.5) is 4.39 Å². The third kappa shape index (κ3) is 4.38. The molecule has 0 aliphatic rings. The zero-order valence-corrected chi connectivity index (χ0v) is 17.7. The summed E-state index contributed by atoms with van der Waals surface area (Å²) in [5.74, 6) is -0.226. The second kappa shape index (κ2) is 8.57. The van der Waals surface area contributed by atoms with Gasteiger partial charge in [0, 0.05) is 42.5 Å². The first kappa shape index (κ1) is 20.7. The van der Waals surface area contributed by atoms with Gasteiger partial charge in [-0.25, -0.2) is 4.39 Å². The smallest absolute Gasteiger partial charge is 0.130 e. The molecule has 29 heavy (non-hydrogen) atoms. The number of H-pyrrole nitrogens is 1. The van der Waals surface area contributed by atoms with E-state index in [-0.39, 0.29) is 5.82 Å². The molecule has 0 saturated carbocycles. The van der Waals surface area contributed by atoms with Gasteiger partial charge in [-0.2, -0.15) is 10.2 Å². The SMILES string of the molecule is C=Cc1[nH]nc(-c2cnn(C)c2)c1/C=C(\C)c1c(F)ccc(CNC(C)C)c1C. The average molecular weight is 394 g/mol. The molecule has 152 valence electrons. The molecular weight excluding hydrogens is 365 g/mol. The number of allylic oxidation sites excluding steroid dienone is 1. The summed E-state index contributed by atoms with van der Waals surface area (Å²) in [6, 6.07) is 3.76. The summed E-state index contributed by atoms with van der Waals surface area (Å²) in [6.45, 7) is 12.7. The molecule has 6 heteroatoms. The van der Waals surface area contributed by atoms with E-state index in [1.165, 1.54) is 0 Å². The molecule has 0 saturated heterocycles. The van der Waals surface area contributed by atoms with Crippen molar-refractivity contribution in [1.29, 1.82) is 0 Å². The normalized spacial score (nSPS) is 12.0. The fraction of sp³-hybridized carbons (Fsp3) is 0.304. The molecule has 0 unspecified atom stereocenters. The number of aromatic amines is 1. The molecule has 0 atom stereocenters. The van der Waals surface area contributed by atoms with Gasteiger partial charge in [0.1, 0.15) is 11.5 Å². The molecule has 2 heterocycles. The van der Waals surface area contributed by atoms with E-state index in [9.17, 15) is 4.39 Å². The van der Waals surface area contributed by atoms with E-state index in [0.29, 0.717) is 18.2 Å². The van der Waals surface area contributed by atoms with Crippen molar-refractivity contribution in [2.75, 3.05) is 0 Å². The Morgan fingerprint density at radius 3 is 2.76 bits per heavy atom. The van der Waals surface area contributed by atoms with E-state index in [1.54, 1.807) is 23.0 Å². The number of aryl methyl sites for hydroxylation is 1. The summed E-state index contributed by atoms with van der Waals surface area (Å²) < 4.78 is 16.5. The van der Waals surface area contributed by atoms with Crippen molar-refractivity contribution in [3.63, 3.8) is 0 Å². The van der Waals surface area contributed by atoms with Crippen LogP contribution in [0.5, 0.6) is 0 Å². The van der Waals surface area contributed by atoms with Crippen LogP contribution >= 0.6 is 0 Å². The van der Waals surface area contributed by atoms with Gasteiger partial charge >= 0.3 is 0 Å². The Bertz CT molecular complexity index is 1060. The van der Waals surface area contributed by atoms with Gasteiger partial charge in [-0.3, -0.25) is 9.78 Å². The molecule has 1 aromatic carbocycles. The molecule has 5 nitrogen and oxygen atoms in total. The molecular formula is C23H28FN5. The molecule has 2 aromatic heterocycles. The minimum absolute atomic E-state index is 0.226. The predicted octanol–water partition coefficient (Wildman–Crippen LogP) is 4.96. The summed E-state index contributed by atoms with van der Waals surface area (Å²) in [4.78, 5) is 0. The minimum Gasteiger partial charge on any atom is -0.310 e. The number of rotatable bonds is 7. The van der Waals surface area contributed by atoms with Crippen LogP contribution in [-0.4, -0.2) is 26.0 Å². The summed E-state index contributed by atoms with van der Waals surface area (Å²) in [7, 11) is 1.86. The quantitative estimate of drug-likeness (QED) is 0.596. The second-order valence-electron chi connectivity index (χ2n) is 7.58. The van der Waals surface area contributed by atoms with Gasteiger partial charge in [-0.05, 0) is 48.8 Å². The first-order valence-electron chi connectivity index (χ1n) is 9.71. The van der Waals surface area contributed by atoms with Gasteiger partial charge < -0.3 is 5.32 Å². The molecule has 2 N–H and O–H groups in total. The van der Waals surface area contributed by atoms with Gasteiger partial charge in [-0.15, -0.1) is 0 Å². The molecule has 0 aliphatic carbocycles. The standard InChI is InChI=1S/C23H28FN5/c1-7-21-19(23(28-27-21)18-12-26-29(6)13-18)10-15(4)22-16(5)17(8-9-20(22)24)11-25-14(2)3/h7-10,12-14,25H,1,11H2,2-6H3,(H,27,28)/b15-10+. The van der Waals surface area contributed by atoms with Crippen LogP contribution in [0.25, 0.3) is 29.0 Å². The van der Waals surface area contributed by atoms with E-state index in [1.807, 2.05) is 39.2 Å². The largest absolute Gasteiger partial charge is 0.310 e. The lowest BCUT2D eigenvalue weighted by Crippen LogP contribution is -2.22. The fourth-order valence-corrected chi connectivity index (χ4v) is 3.43. The van der Waals surface area contributed by atoms with E-state index >= 15 is 0 Å². The number of halogens is 1. The van der Waals surface area contributed by atoms with Crippen molar-refractivity contribution in [3.05, 3.63) is 64.9 Å². The van der Waals surface area contributed by atoms with Gasteiger partial charge in [0.25, 0.3) is 0 Å². The number of aromatic nitrogens is 4. The number of nitrogens with one attached hydrogen (secondary N) is 2. The average Bonchev–Trinajstić information content (AvgIpc) is 3.26. The predicted molar refractivity (Wildman–Crippen MR) is 118 cm³/mol. The topological polar surface area (TPSA) is 58.5 Å². The van der Waals surface area contributed by atoms with Crippen LogP contribution in [0.15, 0.2) is 31.1 Å². The van der Waals surface area contributed by atoms with E-state index in [2.05, 4.69) is 41.0 Å². The van der Waals surface area contributed by atoms with E-state index < -0.39 is 0 Å². The van der Waals surface area contributed by atoms with Gasteiger partial charge in [0.15, 0.2) is 0 Å². The Hall–Kier alpha value is -2.99. The third-order valence-corrected chi connectivity index (χ3v) is 5.00. The Morgan fingerprint density at radius 2 is 2.14 bits per heavy atom. The molecule has 0 amide bonds. The zero-order chi connectivity index (χ0) is 21.1. The number of hydrogen-bond acceptors (Lipinski definition) is 3. The Labute approximate surface area is 171 Å². The molecule has 0 spiro atoms. The minimum atomic E-state index is -0.226. The van der Waals surface area contributed by atoms with E-state index in [4.69, 9.17) is 0 Å². The van der Waals surface area contributed by atoms with Gasteiger partial charge in [0.05, 0.1) is 11.9 Å². The van der Waals surface area contributed by atoms with Crippen molar-refractivity contribution < 1.29 is 4.39 Å². The lowest BCUT2D eigenvalue weighted by molar-refractivity contribution is 0.583. The summed E-state index contributed by atoms with van der Waals surface area (Å²) in [5.41, 5.74) is 6.81. The highest BCUT2D eigenvalue weighted by molar-refractivity contribution is 5.88. The number of nitrogens with zero attached hydrogens (tertiary/aromatic N) is 3. The second-order valence-corrected chi connectivity index (χ2v) is 7.58. The van der Waals surface area contributed by atoms with Crippen molar-refractivity contribution in [2.45, 2.75) is 40.3 Å². The molecule has 0 fully saturated rings. The lowest BCUT2D eigenvalue weighted by atomic mass is 9.94. The van der Waals surface area contributed by atoms with Crippen LogP contribution in [0.1, 0.15) is 48.7 Å². The van der Waals surface area contributed by atoms with Crippen molar-refractivity contribution in [2.24, 2.45) is 7.05 Å². The van der Waals surface area contributed by atoms with Crippen LogP contribution in [0.3, 0.4) is 0 Å². The van der Waals surface area contributed by atoms with E-state index in [0.717, 1.165) is 39.2 Å². The summed E-state index contributed by atoms with van der Waals surface area (Å²) >= 11 is 0. The maximum absolute atomic E-state index is 14.8. The highest BCUT2D eigenvalue weighted by Crippen LogP contribution is 2.31. The van der Waals surface area contributed by atoms with Gasteiger partial charge in [0.2, 0.25) is 0 Å². The van der Waals surface area contributed by atoms with Crippen LogP contribution < -0.4 is 5.32 Å². The molecule has 0 radical (unpaired) electrons. The van der Waals surface area contributed by atoms with Crippen LogP contribution in [-0.2, 0) is 13.6 Å². The summed E-state index contributed by atoms with van der Waals surface area (Å²) in [5, 5.41) is 15.1. The van der Waals surface area contributed by atoms with Crippen molar-refractivity contribution in [1.82, 2.24) is 25.3 Å². The Balaban J connectivity index is 2.07. The fourth-order valence-electron chi connectivity index (χ4n) is 3.43. The molecule has 3 rings (SSSR count). The Morgan fingerprint density at radius 1 is 1.38 bits per heavy atom. The van der Waals surface area contributed by atoms with Crippen LogP contribution in [0, 0.1) is 12.7 Å². The molecule has 0 bridgehead atoms. The maximum Gasteiger partial charge on any atom is 0.130 e. The maximum atomic E-state index is 14.8. The van der Waals surface area contributed by atoms with Crippen molar-refractivity contribution in [3.8, 4) is 11.3 Å².